The lowest BCUT2D eigenvalue weighted by Crippen LogP contribution is -2.01. The summed E-state index contributed by atoms with van der Waals surface area (Å²) in [5.74, 6) is -0.0469. The molecule has 1 aromatic heterocycles. The third kappa shape index (κ3) is 1.48. The van der Waals surface area contributed by atoms with Crippen LogP contribution >= 0.6 is 11.6 Å². The van der Waals surface area contributed by atoms with E-state index in [0.717, 1.165) is 11.1 Å². The second kappa shape index (κ2) is 3.23. The number of halogens is 1. The van der Waals surface area contributed by atoms with Gasteiger partial charge in [0.15, 0.2) is 5.78 Å². The molecule has 0 N–H and O–H groups in total. The molecule has 0 atom stereocenters. The predicted molar refractivity (Wildman–Crippen MR) is 48.7 cm³/mol. The molecule has 0 aromatic carbocycles. The predicted octanol–water partition coefficient (Wildman–Crippen LogP) is 2.55. The number of carbonyl (C=O) groups excluding carboxylic acids is 1. The van der Waals surface area contributed by atoms with Crippen molar-refractivity contribution in [2.75, 3.05) is 0 Å². The number of carbonyl (C=O) groups is 1. The number of aromatic nitrogens is 1. The first-order valence-corrected chi connectivity index (χ1v) is 4.04. The maximum atomic E-state index is 11.0. The average molecular weight is 184 g/mol. The number of nitrogens with zero attached hydrogens (tertiary/aromatic N) is 1. The van der Waals surface area contributed by atoms with Crippen LogP contribution in [-0.4, -0.2) is 10.8 Å². The molecule has 0 spiro atoms. The largest absolute Gasteiger partial charge is 0.293 e. The SMILES string of the molecule is CC(=O)c1ncc(C)c(Cl)c1C. The summed E-state index contributed by atoms with van der Waals surface area (Å²) in [7, 11) is 0. The van der Waals surface area contributed by atoms with E-state index in [1.807, 2.05) is 6.92 Å². The van der Waals surface area contributed by atoms with Crippen LogP contribution in [0, 0.1) is 13.8 Å². The quantitative estimate of drug-likeness (QED) is 0.627. The van der Waals surface area contributed by atoms with Crippen LogP contribution in [0.15, 0.2) is 6.20 Å². The van der Waals surface area contributed by atoms with Gasteiger partial charge in [0.1, 0.15) is 5.69 Å². The molecule has 1 aromatic rings. The van der Waals surface area contributed by atoms with Gasteiger partial charge in [-0.15, -0.1) is 0 Å². The van der Waals surface area contributed by atoms with Gasteiger partial charge in [0.2, 0.25) is 0 Å². The van der Waals surface area contributed by atoms with Crippen LogP contribution in [0.3, 0.4) is 0 Å². The Morgan fingerprint density at radius 3 is 2.58 bits per heavy atom. The van der Waals surface area contributed by atoms with Crippen LogP contribution in [0.5, 0.6) is 0 Å². The third-order valence-corrected chi connectivity index (χ3v) is 2.33. The summed E-state index contributed by atoms with van der Waals surface area (Å²) >= 11 is 5.93. The first-order chi connectivity index (χ1) is 5.54. The molecule has 0 aliphatic carbocycles. The maximum Gasteiger partial charge on any atom is 0.178 e. The van der Waals surface area contributed by atoms with Gasteiger partial charge in [-0.05, 0) is 25.0 Å². The highest BCUT2D eigenvalue weighted by Gasteiger charge is 2.09. The number of hydrogen-bond acceptors (Lipinski definition) is 2. The van der Waals surface area contributed by atoms with Crippen molar-refractivity contribution in [2.45, 2.75) is 20.8 Å². The molecule has 2 nitrogen and oxygen atoms in total. The average Bonchev–Trinajstić information content (AvgIpc) is 2.00. The Morgan fingerprint density at radius 2 is 2.08 bits per heavy atom. The molecule has 3 heteroatoms. The van der Waals surface area contributed by atoms with Crippen molar-refractivity contribution in [3.05, 3.63) is 28.0 Å². The van der Waals surface area contributed by atoms with Crippen molar-refractivity contribution < 1.29 is 4.79 Å². The van der Waals surface area contributed by atoms with Crippen LogP contribution in [0.25, 0.3) is 0 Å². The molecule has 0 radical (unpaired) electrons. The van der Waals surface area contributed by atoms with Crippen molar-refractivity contribution in [3.63, 3.8) is 0 Å². The molecule has 0 aliphatic rings. The Morgan fingerprint density at radius 1 is 1.50 bits per heavy atom. The fraction of sp³-hybridized carbons (Fsp3) is 0.333. The molecule has 1 rings (SSSR count). The Bertz CT molecular complexity index is 334. The zero-order valence-electron chi connectivity index (χ0n) is 7.31. The summed E-state index contributed by atoms with van der Waals surface area (Å²) < 4.78 is 0. The standard InChI is InChI=1S/C9H10ClNO/c1-5-4-11-9(7(3)12)6(2)8(5)10/h4H,1-3H3. The van der Waals surface area contributed by atoms with Crippen LogP contribution in [-0.2, 0) is 0 Å². The zero-order valence-corrected chi connectivity index (χ0v) is 8.07. The highest BCUT2D eigenvalue weighted by Crippen LogP contribution is 2.21. The summed E-state index contributed by atoms with van der Waals surface area (Å²) in [5, 5.41) is 0.634. The number of rotatable bonds is 1. The van der Waals surface area contributed by atoms with Gasteiger partial charge >= 0.3 is 0 Å². The van der Waals surface area contributed by atoms with Gasteiger partial charge in [0.25, 0.3) is 0 Å². The molecule has 0 bridgehead atoms. The van der Waals surface area contributed by atoms with Crippen LogP contribution in [0.1, 0.15) is 28.5 Å². The minimum Gasteiger partial charge on any atom is -0.293 e. The van der Waals surface area contributed by atoms with Crippen molar-refractivity contribution in [2.24, 2.45) is 0 Å². The van der Waals surface area contributed by atoms with Crippen molar-refractivity contribution >= 4 is 17.4 Å². The topological polar surface area (TPSA) is 30.0 Å². The molecule has 1 heterocycles. The van der Waals surface area contributed by atoms with E-state index in [9.17, 15) is 4.79 Å². The lowest BCUT2D eigenvalue weighted by atomic mass is 10.1. The molecule has 0 saturated heterocycles. The van der Waals surface area contributed by atoms with E-state index >= 15 is 0 Å². The lowest BCUT2D eigenvalue weighted by molar-refractivity contribution is 0.101. The fourth-order valence-electron chi connectivity index (χ4n) is 1.07. The lowest BCUT2D eigenvalue weighted by Gasteiger charge is -2.04. The van der Waals surface area contributed by atoms with Gasteiger partial charge in [0, 0.05) is 13.1 Å². The van der Waals surface area contributed by atoms with Crippen LogP contribution in [0.2, 0.25) is 5.02 Å². The van der Waals surface area contributed by atoms with E-state index < -0.39 is 0 Å². The zero-order chi connectivity index (χ0) is 9.30. The van der Waals surface area contributed by atoms with Gasteiger partial charge in [-0.2, -0.15) is 0 Å². The Hall–Kier alpha value is -0.890. The summed E-state index contributed by atoms with van der Waals surface area (Å²) in [4.78, 5) is 15.0. The Kier molecular flexibility index (Phi) is 2.48. The summed E-state index contributed by atoms with van der Waals surface area (Å²) in [5.41, 5.74) is 2.13. The summed E-state index contributed by atoms with van der Waals surface area (Å²) in [6, 6.07) is 0. The van der Waals surface area contributed by atoms with Crippen molar-refractivity contribution in [1.29, 1.82) is 0 Å². The first kappa shape index (κ1) is 9.20. The third-order valence-electron chi connectivity index (χ3n) is 1.75. The first-order valence-electron chi connectivity index (χ1n) is 3.66. The van der Waals surface area contributed by atoms with E-state index in [-0.39, 0.29) is 5.78 Å². The van der Waals surface area contributed by atoms with E-state index in [1.54, 1.807) is 13.1 Å². The van der Waals surface area contributed by atoms with Gasteiger partial charge in [-0.25, -0.2) is 0 Å². The second-order valence-corrected chi connectivity index (χ2v) is 3.16. The molecular weight excluding hydrogens is 174 g/mol. The second-order valence-electron chi connectivity index (χ2n) is 2.78. The molecule has 0 unspecified atom stereocenters. The van der Waals surface area contributed by atoms with E-state index in [1.165, 1.54) is 6.92 Å². The molecule has 0 saturated carbocycles. The fourth-order valence-corrected chi connectivity index (χ4v) is 1.21. The Balaban J connectivity index is 3.36. The molecule has 0 aliphatic heterocycles. The van der Waals surface area contributed by atoms with E-state index in [2.05, 4.69) is 4.98 Å². The number of aryl methyl sites for hydroxylation is 1. The van der Waals surface area contributed by atoms with E-state index in [4.69, 9.17) is 11.6 Å². The van der Waals surface area contributed by atoms with Crippen molar-refractivity contribution in [3.8, 4) is 0 Å². The molecule has 64 valence electrons. The summed E-state index contributed by atoms with van der Waals surface area (Å²) in [6.07, 6.45) is 1.62. The van der Waals surface area contributed by atoms with Crippen LogP contribution in [0.4, 0.5) is 0 Å². The molecule has 12 heavy (non-hydrogen) atoms. The number of Topliss-reactive ketones (excluding diaryl/α,β-unsaturated/α-hetero) is 1. The molecule has 0 fully saturated rings. The highest BCUT2D eigenvalue weighted by molar-refractivity contribution is 6.32. The van der Waals surface area contributed by atoms with Gasteiger partial charge < -0.3 is 0 Å². The van der Waals surface area contributed by atoms with E-state index in [0.29, 0.717) is 10.7 Å². The molecule has 0 amide bonds. The van der Waals surface area contributed by atoms with Gasteiger partial charge in [0.05, 0.1) is 5.02 Å². The van der Waals surface area contributed by atoms with Gasteiger partial charge in [-0.3, -0.25) is 9.78 Å². The minimum absolute atomic E-state index is 0.0469. The van der Waals surface area contributed by atoms with Crippen molar-refractivity contribution in [1.82, 2.24) is 4.98 Å². The number of hydrogen-bond donors (Lipinski definition) is 0. The monoisotopic (exact) mass is 183 g/mol. The number of ketones is 1. The maximum absolute atomic E-state index is 11.0. The Labute approximate surface area is 76.6 Å². The highest BCUT2D eigenvalue weighted by atomic mass is 35.5. The normalized spacial score (nSPS) is 10.0. The number of pyridine rings is 1. The summed E-state index contributed by atoms with van der Waals surface area (Å²) in [6.45, 7) is 5.16. The van der Waals surface area contributed by atoms with Gasteiger partial charge in [-0.1, -0.05) is 11.6 Å². The molecular formula is C9H10ClNO. The minimum atomic E-state index is -0.0469. The van der Waals surface area contributed by atoms with Crippen LogP contribution < -0.4 is 0 Å². The smallest absolute Gasteiger partial charge is 0.178 e.